The smallest absolute Gasteiger partial charge is 0.254 e. The SMILES string of the molecule is Cc1cc(C)c(C(=O)N2CCN(c3ncccc3S(N)(=O)=O)C[C@@H]2C)c(C)c1NC1CCN(c2ccccc2C#N)CC1. The predicted octanol–water partition coefficient (Wildman–Crippen LogP) is 3.96. The average Bonchev–Trinajstić information content (AvgIpc) is 2.99. The maximum Gasteiger partial charge on any atom is 0.254 e. The molecule has 2 aliphatic heterocycles. The highest BCUT2D eigenvalue weighted by molar-refractivity contribution is 7.89. The minimum Gasteiger partial charge on any atom is -0.382 e. The maximum absolute atomic E-state index is 14.1. The highest BCUT2D eigenvalue weighted by atomic mass is 32.2. The quantitative estimate of drug-likeness (QED) is 0.434. The molecule has 11 heteroatoms. The number of amides is 1. The van der Waals surface area contributed by atoms with Crippen molar-refractivity contribution in [3.05, 3.63) is 76.5 Å². The van der Waals surface area contributed by atoms with Crippen LogP contribution in [0.1, 0.15) is 52.4 Å². The summed E-state index contributed by atoms with van der Waals surface area (Å²) in [5.74, 6) is 0.293. The summed E-state index contributed by atoms with van der Waals surface area (Å²) in [6, 6.07) is 15.2. The number of carbonyl (C=O) groups excluding carboxylic acids is 1. The number of para-hydroxylation sites is 1. The van der Waals surface area contributed by atoms with Crippen molar-refractivity contribution in [2.45, 2.75) is 57.5 Å². The molecule has 0 bridgehead atoms. The summed E-state index contributed by atoms with van der Waals surface area (Å²) in [7, 11) is -3.93. The van der Waals surface area contributed by atoms with E-state index in [2.05, 4.69) is 34.3 Å². The van der Waals surface area contributed by atoms with Crippen LogP contribution >= 0.6 is 0 Å². The van der Waals surface area contributed by atoms with Crippen LogP contribution < -0.4 is 20.3 Å². The highest BCUT2D eigenvalue weighted by Crippen LogP contribution is 2.32. The van der Waals surface area contributed by atoms with E-state index in [-0.39, 0.29) is 22.9 Å². The molecule has 0 saturated carbocycles. The molecule has 0 radical (unpaired) electrons. The molecule has 1 aromatic heterocycles. The van der Waals surface area contributed by atoms with Crippen molar-refractivity contribution >= 4 is 33.1 Å². The van der Waals surface area contributed by atoms with Crippen LogP contribution in [0.2, 0.25) is 0 Å². The molecule has 2 aromatic carbocycles. The fraction of sp³-hybridized carbons (Fsp3) is 0.406. The zero-order chi connectivity index (χ0) is 30.9. The van der Waals surface area contributed by atoms with Crippen LogP contribution in [-0.2, 0) is 10.0 Å². The third-order valence-electron chi connectivity index (χ3n) is 8.64. The molecular weight excluding hydrogens is 562 g/mol. The van der Waals surface area contributed by atoms with Gasteiger partial charge >= 0.3 is 0 Å². The molecule has 0 unspecified atom stereocenters. The van der Waals surface area contributed by atoms with Crippen LogP contribution in [0.3, 0.4) is 0 Å². The van der Waals surface area contributed by atoms with Gasteiger partial charge in [0.25, 0.3) is 5.91 Å². The lowest BCUT2D eigenvalue weighted by molar-refractivity contribution is 0.0672. The molecule has 0 spiro atoms. The van der Waals surface area contributed by atoms with Crippen molar-refractivity contribution in [1.29, 1.82) is 5.26 Å². The molecule has 3 heterocycles. The normalized spacial score (nSPS) is 18.0. The number of hydrogen-bond donors (Lipinski definition) is 2. The number of aromatic nitrogens is 1. The molecule has 1 atom stereocenters. The molecule has 10 nitrogen and oxygen atoms in total. The van der Waals surface area contributed by atoms with Gasteiger partial charge in [0.05, 0.1) is 11.3 Å². The number of nitrogens with one attached hydrogen (secondary N) is 1. The van der Waals surface area contributed by atoms with Crippen molar-refractivity contribution in [1.82, 2.24) is 9.88 Å². The summed E-state index contributed by atoms with van der Waals surface area (Å²) in [6.07, 6.45) is 3.39. The standard InChI is InChI=1S/C32H39N7O3S/c1-21-18-22(2)30(36-26-11-14-37(15-12-26)27-9-6-5-8-25(27)19-33)24(4)29(21)32(40)39-17-16-38(20-23(39)3)31-28(43(34,41)42)10-7-13-35-31/h5-10,13,18,23,26,36H,11-12,14-17,20H2,1-4H3,(H2,34,41,42)/t23-/m0/s1. The number of primary sulfonamides is 1. The number of sulfonamides is 1. The summed E-state index contributed by atoms with van der Waals surface area (Å²) < 4.78 is 24.3. The van der Waals surface area contributed by atoms with Crippen molar-refractivity contribution in [3.63, 3.8) is 0 Å². The molecule has 5 rings (SSSR count). The Kier molecular flexibility index (Phi) is 8.62. The van der Waals surface area contributed by atoms with E-state index in [9.17, 15) is 18.5 Å². The van der Waals surface area contributed by atoms with E-state index >= 15 is 0 Å². The zero-order valence-electron chi connectivity index (χ0n) is 25.2. The third-order valence-corrected chi connectivity index (χ3v) is 9.57. The number of hydrogen-bond acceptors (Lipinski definition) is 8. The second-order valence-corrected chi connectivity index (χ2v) is 13.1. The maximum atomic E-state index is 14.1. The number of nitriles is 1. The number of anilines is 3. The lowest BCUT2D eigenvalue weighted by atomic mass is 9.94. The second-order valence-electron chi connectivity index (χ2n) is 11.6. The summed E-state index contributed by atoms with van der Waals surface area (Å²) in [6.45, 7) is 11.0. The highest BCUT2D eigenvalue weighted by Gasteiger charge is 2.33. The fourth-order valence-electron chi connectivity index (χ4n) is 6.49. The van der Waals surface area contributed by atoms with E-state index in [0.717, 1.165) is 54.0 Å². The predicted molar refractivity (Wildman–Crippen MR) is 169 cm³/mol. The molecule has 2 saturated heterocycles. The summed E-state index contributed by atoms with van der Waals surface area (Å²) in [4.78, 5) is 24.4. The number of nitrogens with zero attached hydrogens (tertiary/aromatic N) is 5. The van der Waals surface area contributed by atoms with E-state index in [1.165, 1.54) is 6.07 Å². The van der Waals surface area contributed by atoms with Crippen LogP contribution in [0.5, 0.6) is 0 Å². The van der Waals surface area contributed by atoms with Crippen LogP contribution in [0.25, 0.3) is 0 Å². The molecule has 2 fully saturated rings. The minimum absolute atomic E-state index is 0.0111. The Bertz CT molecular complexity index is 1680. The van der Waals surface area contributed by atoms with Crippen LogP contribution in [-0.4, -0.2) is 69.0 Å². The van der Waals surface area contributed by atoms with E-state index in [4.69, 9.17) is 5.14 Å². The van der Waals surface area contributed by atoms with Gasteiger partial charge in [0.15, 0.2) is 0 Å². The Morgan fingerprint density at radius 3 is 2.42 bits per heavy atom. The topological polar surface area (TPSA) is 136 Å². The Morgan fingerprint density at radius 2 is 1.74 bits per heavy atom. The van der Waals surface area contributed by atoms with Gasteiger partial charge in [0, 0.05) is 62.3 Å². The zero-order valence-corrected chi connectivity index (χ0v) is 26.0. The molecule has 226 valence electrons. The number of aryl methyl sites for hydroxylation is 2. The Labute approximate surface area is 254 Å². The minimum atomic E-state index is -3.93. The monoisotopic (exact) mass is 601 g/mol. The number of rotatable bonds is 6. The van der Waals surface area contributed by atoms with Gasteiger partial charge in [-0.15, -0.1) is 0 Å². The van der Waals surface area contributed by atoms with Gasteiger partial charge in [0.1, 0.15) is 16.8 Å². The first-order valence-electron chi connectivity index (χ1n) is 14.6. The largest absolute Gasteiger partial charge is 0.382 e. The van der Waals surface area contributed by atoms with E-state index in [1.807, 2.05) is 54.8 Å². The van der Waals surface area contributed by atoms with E-state index < -0.39 is 10.0 Å². The lowest BCUT2D eigenvalue weighted by Crippen LogP contribution is -2.54. The first-order chi connectivity index (χ1) is 20.5. The average molecular weight is 602 g/mol. The van der Waals surface area contributed by atoms with Gasteiger partial charge < -0.3 is 20.0 Å². The van der Waals surface area contributed by atoms with Crippen molar-refractivity contribution in [2.75, 3.05) is 47.8 Å². The number of piperidine rings is 1. The molecule has 0 aliphatic carbocycles. The van der Waals surface area contributed by atoms with Gasteiger partial charge in [-0.25, -0.2) is 18.5 Å². The first-order valence-corrected chi connectivity index (χ1v) is 16.2. The first kappa shape index (κ1) is 30.3. The third kappa shape index (κ3) is 6.17. The summed E-state index contributed by atoms with van der Waals surface area (Å²) in [5, 5.41) is 18.7. The van der Waals surface area contributed by atoms with Crippen molar-refractivity contribution < 1.29 is 13.2 Å². The number of piperazine rings is 1. The van der Waals surface area contributed by atoms with Gasteiger partial charge in [-0.3, -0.25) is 4.79 Å². The van der Waals surface area contributed by atoms with Crippen LogP contribution in [0.15, 0.2) is 53.6 Å². The van der Waals surface area contributed by atoms with Gasteiger partial charge in [-0.05, 0) is 81.5 Å². The Hall–Kier alpha value is -4.14. The Morgan fingerprint density at radius 1 is 1.02 bits per heavy atom. The molecule has 3 N–H and O–H groups in total. The number of benzene rings is 2. The number of pyridine rings is 1. The fourth-order valence-corrected chi connectivity index (χ4v) is 7.19. The number of carbonyl (C=O) groups is 1. The second kappa shape index (κ2) is 12.2. The van der Waals surface area contributed by atoms with Gasteiger partial charge in [-0.2, -0.15) is 5.26 Å². The summed E-state index contributed by atoms with van der Waals surface area (Å²) in [5.41, 5.74) is 6.37. The molecule has 2 aliphatic rings. The molecule has 3 aromatic rings. The van der Waals surface area contributed by atoms with E-state index in [0.29, 0.717) is 36.6 Å². The van der Waals surface area contributed by atoms with Crippen LogP contribution in [0.4, 0.5) is 17.2 Å². The Balaban J connectivity index is 1.30. The number of nitrogens with two attached hydrogens (primary N) is 1. The van der Waals surface area contributed by atoms with E-state index in [1.54, 1.807) is 12.3 Å². The van der Waals surface area contributed by atoms with Crippen molar-refractivity contribution in [2.24, 2.45) is 5.14 Å². The molecule has 43 heavy (non-hydrogen) atoms. The molecular formula is C32H39N7O3S. The van der Waals surface area contributed by atoms with Gasteiger partial charge in [0.2, 0.25) is 10.0 Å². The van der Waals surface area contributed by atoms with Crippen LogP contribution in [0, 0.1) is 32.1 Å². The van der Waals surface area contributed by atoms with Gasteiger partial charge in [-0.1, -0.05) is 18.2 Å². The summed E-state index contributed by atoms with van der Waals surface area (Å²) >= 11 is 0. The lowest BCUT2D eigenvalue weighted by Gasteiger charge is -2.41. The van der Waals surface area contributed by atoms with Crippen molar-refractivity contribution in [3.8, 4) is 6.07 Å². The molecule has 1 amide bonds.